The molecular weight excluding hydrogens is 468 g/mol. The van der Waals surface area contributed by atoms with Crippen LogP contribution in [0.3, 0.4) is 0 Å². The number of carbonyl (C=O) groups excluding carboxylic acids is 1. The molecule has 9 heteroatoms. The molecule has 4 aromatic rings. The molecule has 2 heterocycles. The van der Waals surface area contributed by atoms with Crippen LogP contribution in [0, 0.1) is 20.8 Å². The summed E-state index contributed by atoms with van der Waals surface area (Å²) in [5.41, 5.74) is 5.88. The average molecular weight is 503 g/mol. The predicted molar refractivity (Wildman–Crippen MR) is 142 cm³/mol. The van der Waals surface area contributed by atoms with E-state index in [2.05, 4.69) is 69.6 Å². The Hall–Kier alpha value is -3.85. The topological polar surface area (TPSA) is 106 Å². The molecular formula is C28H34N6O3. The van der Waals surface area contributed by atoms with Gasteiger partial charge in [0.2, 0.25) is 0 Å². The molecule has 2 aromatic heterocycles. The summed E-state index contributed by atoms with van der Waals surface area (Å²) in [6, 6.07) is 14.2. The maximum atomic E-state index is 13.2. The van der Waals surface area contributed by atoms with Gasteiger partial charge >= 0.3 is 5.97 Å². The van der Waals surface area contributed by atoms with E-state index in [0.29, 0.717) is 30.9 Å². The summed E-state index contributed by atoms with van der Waals surface area (Å²) in [6.07, 6.45) is 0.679. The standard InChI is InChI=1S/C28H34N6O3/c1-6-25(27-30-31-32-34(27)17-26(35)37-7-2)33(15-21-10-8-18(3)9-11-21)16-22-14-23-20(5)12-19(4)13-24(23)29-28(22)36/h8-14,25H,6-7,15-17H2,1-5H3,(H,29,36). The van der Waals surface area contributed by atoms with Crippen molar-refractivity contribution in [2.45, 2.75) is 66.7 Å². The normalized spacial score (nSPS) is 12.3. The minimum Gasteiger partial charge on any atom is -0.465 e. The number of ether oxygens (including phenoxy) is 1. The molecule has 0 aliphatic rings. The first-order valence-corrected chi connectivity index (χ1v) is 12.6. The molecule has 0 saturated heterocycles. The van der Waals surface area contributed by atoms with Gasteiger partial charge in [-0.25, -0.2) is 4.68 Å². The minimum atomic E-state index is -0.396. The highest BCUT2D eigenvalue weighted by Crippen LogP contribution is 2.27. The Balaban J connectivity index is 1.74. The molecule has 0 fully saturated rings. The van der Waals surface area contributed by atoms with Gasteiger partial charge in [-0.15, -0.1) is 5.10 Å². The van der Waals surface area contributed by atoms with Crippen molar-refractivity contribution in [1.82, 2.24) is 30.1 Å². The van der Waals surface area contributed by atoms with Crippen molar-refractivity contribution in [3.8, 4) is 0 Å². The number of nitrogens with one attached hydrogen (secondary N) is 1. The van der Waals surface area contributed by atoms with Crippen LogP contribution >= 0.6 is 0 Å². The fourth-order valence-electron chi connectivity index (χ4n) is 4.75. The van der Waals surface area contributed by atoms with E-state index < -0.39 is 5.97 Å². The van der Waals surface area contributed by atoms with Gasteiger partial charge in [-0.05, 0) is 73.4 Å². The number of fused-ring (bicyclic) bond motifs is 1. The third-order valence-corrected chi connectivity index (χ3v) is 6.54. The van der Waals surface area contributed by atoms with E-state index in [1.165, 1.54) is 10.2 Å². The monoisotopic (exact) mass is 502 g/mol. The second kappa shape index (κ2) is 11.5. The van der Waals surface area contributed by atoms with Gasteiger partial charge < -0.3 is 9.72 Å². The second-order valence-corrected chi connectivity index (χ2v) is 9.48. The van der Waals surface area contributed by atoms with Gasteiger partial charge in [0, 0.05) is 29.6 Å². The van der Waals surface area contributed by atoms with Crippen molar-refractivity contribution in [3.63, 3.8) is 0 Å². The van der Waals surface area contributed by atoms with Crippen LogP contribution in [0.25, 0.3) is 10.9 Å². The molecule has 0 aliphatic heterocycles. The molecule has 1 N–H and O–H groups in total. The van der Waals surface area contributed by atoms with Gasteiger partial charge in [-0.1, -0.05) is 42.8 Å². The first-order chi connectivity index (χ1) is 17.8. The first-order valence-electron chi connectivity index (χ1n) is 12.6. The largest absolute Gasteiger partial charge is 0.465 e. The number of H-pyrrole nitrogens is 1. The maximum absolute atomic E-state index is 13.2. The van der Waals surface area contributed by atoms with E-state index in [1.807, 2.05) is 26.0 Å². The number of aryl methyl sites for hydroxylation is 3. The van der Waals surface area contributed by atoms with Crippen molar-refractivity contribution in [1.29, 1.82) is 0 Å². The van der Waals surface area contributed by atoms with Crippen molar-refractivity contribution < 1.29 is 9.53 Å². The first kappa shape index (κ1) is 26.2. The average Bonchev–Trinajstić information content (AvgIpc) is 3.29. The zero-order chi connectivity index (χ0) is 26.5. The highest BCUT2D eigenvalue weighted by Gasteiger charge is 2.27. The van der Waals surface area contributed by atoms with E-state index in [0.717, 1.165) is 27.6 Å². The number of esters is 1. The number of pyridine rings is 1. The molecule has 1 atom stereocenters. The number of aromatic nitrogens is 5. The quantitative estimate of drug-likeness (QED) is 0.325. The molecule has 0 spiro atoms. The molecule has 194 valence electrons. The van der Waals surface area contributed by atoms with Crippen LogP contribution in [0.4, 0.5) is 0 Å². The maximum Gasteiger partial charge on any atom is 0.327 e. The zero-order valence-corrected chi connectivity index (χ0v) is 22.1. The number of aromatic amines is 1. The summed E-state index contributed by atoms with van der Waals surface area (Å²) in [5.74, 6) is 0.166. The van der Waals surface area contributed by atoms with E-state index in [-0.39, 0.29) is 24.8 Å². The number of tetrazole rings is 1. The van der Waals surface area contributed by atoms with Gasteiger partial charge in [0.15, 0.2) is 5.82 Å². The summed E-state index contributed by atoms with van der Waals surface area (Å²) in [5, 5.41) is 13.2. The third kappa shape index (κ3) is 6.11. The second-order valence-electron chi connectivity index (χ2n) is 9.48. The summed E-state index contributed by atoms with van der Waals surface area (Å²) in [7, 11) is 0. The summed E-state index contributed by atoms with van der Waals surface area (Å²) in [6.45, 7) is 11.1. The van der Waals surface area contributed by atoms with Gasteiger partial charge in [0.1, 0.15) is 6.54 Å². The Kier molecular flexibility index (Phi) is 8.13. The van der Waals surface area contributed by atoms with Gasteiger partial charge in [-0.2, -0.15) is 0 Å². The van der Waals surface area contributed by atoms with Crippen molar-refractivity contribution >= 4 is 16.9 Å². The van der Waals surface area contributed by atoms with Crippen LogP contribution in [-0.4, -0.2) is 42.7 Å². The Morgan fingerprint density at radius 1 is 1.05 bits per heavy atom. The number of hydrogen-bond donors (Lipinski definition) is 1. The molecule has 0 amide bonds. The van der Waals surface area contributed by atoms with E-state index in [9.17, 15) is 9.59 Å². The summed E-state index contributed by atoms with van der Waals surface area (Å²) in [4.78, 5) is 30.6. The third-order valence-electron chi connectivity index (χ3n) is 6.54. The lowest BCUT2D eigenvalue weighted by Crippen LogP contribution is -2.33. The number of benzene rings is 2. The lowest BCUT2D eigenvalue weighted by Gasteiger charge is -2.30. The molecule has 0 radical (unpaired) electrons. The molecule has 9 nitrogen and oxygen atoms in total. The van der Waals surface area contributed by atoms with Crippen molar-refractivity contribution in [3.05, 3.63) is 86.5 Å². The Morgan fingerprint density at radius 3 is 2.51 bits per heavy atom. The fraction of sp³-hybridized carbons (Fsp3) is 0.393. The van der Waals surface area contributed by atoms with E-state index in [1.54, 1.807) is 6.92 Å². The number of nitrogens with zero attached hydrogens (tertiary/aromatic N) is 5. The van der Waals surface area contributed by atoms with Crippen molar-refractivity contribution in [2.75, 3.05) is 6.61 Å². The van der Waals surface area contributed by atoms with E-state index >= 15 is 0 Å². The van der Waals surface area contributed by atoms with Crippen LogP contribution in [0.5, 0.6) is 0 Å². The number of rotatable bonds is 10. The zero-order valence-electron chi connectivity index (χ0n) is 22.1. The van der Waals surface area contributed by atoms with Crippen LogP contribution in [0.1, 0.15) is 60.0 Å². The van der Waals surface area contributed by atoms with Crippen LogP contribution in [0.15, 0.2) is 47.3 Å². The molecule has 37 heavy (non-hydrogen) atoms. The van der Waals surface area contributed by atoms with Gasteiger partial charge in [0.05, 0.1) is 12.6 Å². The molecule has 4 rings (SSSR count). The molecule has 0 saturated carbocycles. The molecule has 2 aromatic carbocycles. The Morgan fingerprint density at radius 2 is 1.81 bits per heavy atom. The fourth-order valence-corrected chi connectivity index (χ4v) is 4.75. The Labute approximate surface area is 216 Å². The number of carbonyl (C=O) groups is 1. The molecule has 0 aliphatic carbocycles. The van der Waals surface area contributed by atoms with Crippen LogP contribution in [0.2, 0.25) is 0 Å². The predicted octanol–water partition coefficient (Wildman–Crippen LogP) is 4.16. The lowest BCUT2D eigenvalue weighted by molar-refractivity contribution is -0.144. The summed E-state index contributed by atoms with van der Waals surface area (Å²) < 4.78 is 6.60. The highest BCUT2D eigenvalue weighted by atomic mass is 16.5. The summed E-state index contributed by atoms with van der Waals surface area (Å²) >= 11 is 0. The smallest absolute Gasteiger partial charge is 0.327 e. The van der Waals surface area contributed by atoms with Gasteiger partial charge in [-0.3, -0.25) is 14.5 Å². The van der Waals surface area contributed by atoms with Crippen molar-refractivity contribution in [2.24, 2.45) is 0 Å². The van der Waals surface area contributed by atoms with Gasteiger partial charge in [0.25, 0.3) is 5.56 Å². The van der Waals surface area contributed by atoms with Crippen LogP contribution in [-0.2, 0) is 29.2 Å². The molecule has 0 bridgehead atoms. The lowest BCUT2D eigenvalue weighted by atomic mass is 10.0. The van der Waals surface area contributed by atoms with E-state index in [4.69, 9.17) is 4.74 Å². The minimum absolute atomic E-state index is 0.0693. The number of hydrogen-bond acceptors (Lipinski definition) is 7. The Bertz CT molecular complexity index is 1440. The highest BCUT2D eigenvalue weighted by molar-refractivity contribution is 5.83. The molecule has 1 unspecified atom stereocenters. The van der Waals surface area contributed by atoms with Crippen LogP contribution < -0.4 is 5.56 Å². The SMILES string of the molecule is CCOC(=O)Cn1nnnc1C(CC)N(Cc1ccc(C)cc1)Cc1cc2c(C)cc(C)cc2[nH]c1=O.